The molecule has 128 valence electrons. The molecule has 0 aliphatic rings. The van der Waals surface area contributed by atoms with E-state index in [1.807, 2.05) is 19.9 Å². The predicted octanol–water partition coefficient (Wildman–Crippen LogP) is 4.78. The van der Waals surface area contributed by atoms with Crippen LogP contribution >= 0.6 is 27.3 Å². The number of benzene rings is 1. The molecule has 0 fully saturated rings. The zero-order valence-electron chi connectivity index (χ0n) is 14.4. The van der Waals surface area contributed by atoms with Crippen LogP contribution in [0.1, 0.15) is 57.5 Å². The highest BCUT2D eigenvalue weighted by atomic mass is 79.9. The molecule has 0 atom stereocenters. The van der Waals surface area contributed by atoms with E-state index in [0.717, 1.165) is 20.5 Å². The summed E-state index contributed by atoms with van der Waals surface area (Å²) in [4.78, 5) is 25.2. The summed E-state index contributed by atoms with van der Waals surface area (Å²) >= 11 is 4.90. The van der Waals surface area contributed by atoms with Gasteiger partial charge >= 0.3 is 0 Å². The zero-order chi connectivity index (χ0) is 18.2. The predicted molar refractivity (Wildman–Crippen MR) is 103 cm³/mol. The highest BCUT2D eigenvalue weighted by molar-refractivity contribution is 9.10. The van der Waals surface area contributed by atoms with E-state index in [1.54, 1.807) is 12.1 Å². The molecule has 0 aliphatic carbocycles. The standard InChI is InChI=1S/C18H21BrN2O2S/c1-9-10(2)24-17(14(9)15(20)22)21-16(23)11-6-7-12(13(19)8-11)18(3,4)5/h6-8H,1-5H3,(H2,20,22)(H,21,23). The van der Waals surface area contributed by atoms with Crippen LogP contribution in [0, 0.1) is 13.8 Å². The summed E-state index contributed by atoms with van der Waals surface area (Å²) in [6.07, 6.45) is 0. The molecule has 0 saturated carbocycles. The van der Waals surface area contributed by atoms with E-state index in [1.165, 1.54) is 11.3 Å². The summed E-state index contributed by atoms with van der Waals surface area (Å²) in [6.45, 7) is 10.1. The summed E-state index contributed by atoms with van der Waals surface area (Å²) < 4.78 is 0.885. The number of nitrogens with two attached hydrogens (primary N) is 1. The van der Waals surface area contributed by atoms with E-state index in [-0.39, 0.29) is 11.3 Å². The number of hydrogen-bond acceptors (Lipinski definition) is 3. The molecule has 0 bridgehead atoms. The monoisotopic (exact) mass is 408 g/mol. The van der Waals surface area contributed by atoms with Crippen molar-refractivity contribution in [1.29, 1.82) is 0 Å². The highest BCUT2D eigenvalue weighted by Gasteiger charge is 2.21. The van der Waals surface area contributed by atoms with E-state index < -0.39 is 5.91 Å². The molecule has 1 aromatic heterocycles. The Morgan fingerprint density at radius 2 is 1.83 bits per heavy atom. The van der Waals surface area contributed by atoms with Crippen LogP contribution < -0.4 is 11.1 Å². The average Bonchev–Trinajstić information content (AvgIpc) is 2.72. The second-order valence-electron chi connectivity index (χ2n) is 6.75. The van der Waals surface area contributed by atoms with Gasteiger partial charge in [0.25, 0.3) is 11.8 Å². The van der Waals surface area contributed by atoms with Crippen LogP contribution in [0.25, 0.3) is 0 Å². The summed E-state index contributed by atoms with van der Waals surface area (Å²) in [5.74, 6) is -0.795. The van der Waals surface area contributed by atoms with Gasteiger partial charge in [-0.05, 0) is 42.5 Å². The van der Waals surface area contributed by atoms with Crippen LogP contribution in [0.5, 0.6) is 0 Å². The Bertz CT molecular complexity index is 819. The lowest BCUT2D eigenvalue weighted by atomic mass is 9.86. The summed E-state index contributed by atoms with van der Waals surface area (Å²) in [6, 6.07) is 5.53. The molecule has 2 rings (SSSR count). The molecule has 4 nitrogen and oxygen atoms in total. The maximum atomic E-state index is 12.5. The summed E-state index contributed by atoms with van der Waals surface area (Å²) in [5, 5.41) is 3.31. The third-order valence-electron chi connectivity index (χ3n) is 3.90. The maximum absolute atomic E-state index is 12.5. The summed E-state index contributed by atoms with van der Waals surface area (Å²) in [7, 11) is 0. The molecule has 0 unspecified atom stereocenters. The van der Waals surface area contributed by atoms with Gasteiger partial charge < -0.3 is 11.1 Å². The number of hydrogen-bond donors (Lipinski definition) is 2. The number of rotatable bonds is 3. The van der Waals surface area contributed by atoms with Crippen molar-refractivity contribution in [2.24, 2.45) is 5.73 Å². The van der Waals surface area contributed by atoms with Gasteiger partial charge in [0.2, 0.25) is 0 Å². The topological polar surface area (TPSA) is 72.2 Å². The van der Waals surface area contributed by atoms with Gasteiger partial charge in [0, 0.05) is 14.9 Å². The second-order valence-corrected chi connectivity index (χ2v) is 8.83. The van der Waals surface area contributed by atoms with Crippen molar-refractivity contribution in [3.8, 4) is 0 Å². The maximum Gasteiger partial charge on any atom is 0.256 e. The molecule has 3 N–H and O–H groups in total. The summed E-state index contributed by atoms with van der Waals surface area (Å²) in [5.41, 5.74) is 8.27. The number of primary amides is 1. The molecule has 2 aromatic rings. The van der Waals surface area contributed by atoms with Gasteiger partial charge in [-0.25, -0.2) is 0 Å². The average molecular weight is 409 g/mol. The first-order valence-corrected chi connectivity index (χ1v) is 9.14. The molecule has 2 amide bonds. The van der Waals surface area contributed by atoms with Crippen molar-refractivity contribution in [2.75, 3.05) is 5.32 Å². The molecule has 0 radical (unpaired) electrons. The van der Waals surface area contributed by atoms with Crippen LogP contribution in [-0.4, -0.2) is 11.8 Å². The first kappa shape index (κ1) is 18.7. The Morgan fingerprint density at radius 1 is 1.21 bits per heavy atom. The quantitative estimate of drug-likeness (QED) is 0.766. The third-order valence-corrected chi connectivity index (χ3v) is 5.68. The fraction of sp³-hybridized carbons (Fsp3) is 0.333. The van der Waals surface area contributed by atoms with Gasteiger partial charge in [0.05, 0.1) is 5.56 Å². The van der Waals surface area contributed by atoms with Gasteiger partial charge in [-0.1, -0.05) is 42.8 Å². The number of carbonyl (C=O) groups excluding carboxylic acids is 2. The number of aryl methyl sites for hydroxylation is 1. The van der Waals surface area contributed by atoms with Crippen molar-refractivity contribution < 1.29 is 9.59 Å². The minimum absolute atomic E-state index is 0.0189. The Kier molecular flexibility index (Phi) is 5.20. The van der Waals surface area contributed by atoms with E-state index in [9.17, 15) is 9.59 Å². The molecule has 0 spiro atoms. The van der Waals surface area contributed by atoms with Crippen molar-refractivity contribution in [2.45, 2.75) is 40.0 Å². The zero-order valence-corrected chi connectivity index (χ0v) is 16.8. The van der Waals surface area contributed by atoms with Crippen LogP contribution in [0.3, 0.4) is 0 Å². The highest BCUT2D eigenvalue weighted by Crippen LogP contribution is 2.33. The Balaban J connectivity index is 2.33. The molecular weight excluding hydrogens is 388 g/mol. The molecule has 1 aromatic carbocycles. The number of carbonyl (C=O) groups is 2. The minimum atomic E-state index is -0.531. The van der Waals surface area contributed by atoms with E-state index in [0.29, 0.717) is 16.1 Å². The SMILES string of the molecule is Cc1sc(NC(=O)c2ccc(C(C)(C)C)c(Br)c2)c(C(N)=O)c1C. The Hall–Kier alpha value is -1.66. The van der Waals surface area contributed by atoms with E-state index >= 15 is 0 Å². The van der Waals surface area contributed by atoms with Crippen LogP contribution in [0.2, 0.25) is 0 Å². The van der Waals surface area contributed by atoms with Gasteiger partial charge in [-0.3, -0.25) is 9.59 Å². The number of nitrogens with one attached hydrogen (secondary N) is 1. The van der Waals surface area contributed by atoms with E-state index in [2.05, 4.69) is 42.0 Å². The minimum Gasteiger partial charge on any atom is -0.365 e. The molecule has 1 heterocycles. The third kappa shape index (κ3) is 3.70. The smallest absolute Gasteiger partial charge is 0.256 e. The number of thiophene rings is 1. The van der Waals surface area contributed by atoms with Gasteiger partial charge in [0.1, 0.15) is 5.00 Å². The van der Waals surface area contributed by atoms with Crippen LogP contribution in [0.4, 0.5) is 5.00 Å². The number of anilines is 1. The lowest BCUT2D eigenvalue weighted by Crippen LogP contribution is -2.18. The Labute approximate surface area is 154 Å². The number of halogens is 1. The lowest BCUT2D eigenvalue weighted by molar-refractivity contribution is 0.100. The van der Waals surface area contributed by atoms with Crippen molar-refractivity contribution in [1.82, 2.24) is 0 Å². The fourth-order valence-corrected chi connectivity index (χ4v) is 4.49. The molecule has 6 heteroatoms. The van der Waals surface area contributed by atoms with E-state index in [4.69, 9.17) is 5.73 Å². The first-order valence-electron chi connectivity index (χ1n) is 7.53. The van der Waals surface area contributed by atoms with Crippen LogP contribution in [-0.2, 0) is 5.41 Å². The van der Waals surface area contributed by atoms with Gasteiger partial charge in [0.15, 0.2) is 0 Å². The van der Waals surface area contributed by atoms with Crippen molar-refractivity contribution >= 4 is 44.1 Å². The second kappa shape index (κ2) is 6.69. The largest absolute Gasteiger partial charge is 0.365 e. The van der Waals surface area contributed by atoms with Gasteiger partial charge in [-0.2, -0.15) is 0 Å². The Morgan fingerprint density at radius 3 is 2.33 bits per heavy atom. The van der Waals surface area contributed by atoms with Crippen molar-refractivity contribution in [3.63, 3.8) is 0 Å². The van der Waals surface area contributed by atoms with Crippen LogP contribution in [0.15, 0.2) is 22.7 Å². The first-order chi connectivity index (χ1) is 11.0. The van der Waals surface area contributed by atoms with Gasteiger partial charge in [-0.15, -0.1) is 11.3 Å². The lowest BCUT2D eigenvalue weighted by Gasteiger charge is -2.21. The number of amides is 2. The molecular formula is C18H21BrN2O2S. The normalized spacial score (nSPS) is 11.4. The molecule has 0 aliphatic heterocycles. The molecule has 24 heavy (non-hydrogen) atoms. The fourth-order valence-electron chi connectivity index (χ4n) is 2.45. The van der Waals surface area contributed by atoms with Crippen molar-refractivity contribution in [3.05, 3.63) is 49.8 Å². The molecule has 0 saturated heterocycles.